The van der Waals surface area contributed by atoms with Gasteiger partial charge in [-0.3, -0.25) is 0 Å². The minimum absolute atomic E-state index is 1.03. The first-order valence-electron chi connectivity index (χ1n) is 5.70. The van der Waals surface area contributed by atoms with Crippen molar-refractivity contribution in [2.45, 2.75) is 20.3 Å². The molecule has 2 rings (SSSR count). The van der Waals surface area contributed by atoms with E-state index in [-0.39, 0.29) is 0 Å². The molecule has 0 radical (unpaired) electrons. The van der Waals surface area contributed by atoms with Crippen LogP contribution in [0.2, 0.25) is 0 Å². The van der Waals surface area contributed by atoms with Gasteiger partial charge in [0.15, 0.2) is 0 Å². The summed E-state index contributed by atoms with van der Waals surface area (Å²) in [6.07, 6.45) is 1.08. The molecular weight excluding hydrogens is 264 g/mol. The fraction of sp³-hybridized carbons (Fsp3) is 0.385. The molecule has 0 spiro atoms. The third-order valence-corrected chi connectivity index (χ3v) is 3.57. The van der Waals surface area contributed by atoms with Crippen molar-refractivity contribution in [2.24, 2.45) is 0 Å². The highest BCUT2D eigenvalue weighted by atomic mass is 79.9. The average Bonchev–Trinajstić information content (AvgIpc) is 2.58. The first-order chi connectivity index (χ1) is 7.74. The molecule has 0 saturated heterocycles. The molecule has 0 atom stereocenters. The van der Waals surface area contributed by atoms with Crippen molar-refractivity contribution >= 4 is 26.8 Å². The number of benzene rings is 1. The van der Waals surface area contributed by atoms with E-state index in [1.165, 1.54) is 22.2 Å². The lowest BCUT2D eigenvalue weighted by atomic mass is 10.1. The summed E-state index contributed by atoms with van der Waals surface area (Å²) < 4.78 is 1.14. The number of likely N-dealkylation sites (N-methyl/N-ethyl adjacent to an activating group) is 1. The van der Waals surface area contributed by atoms with Gasteiger partial charge in [0.2, 0.25) is 0 Å². The first-order valence-corrected chi connectivity index (χ1v) is 6.49. The van der Waals surface area contributed by atoms with Gasteiger partial charge in [-0.2, -0.15) is 0 Å². The van der Waals surface area contributed by atoms with E-state index in [0.29, 0.717) is 0 Å². The van der Waals surface area contributed by atoms with Crippen LogP contribution in [-0.2, 0) is 6.42 Å². The van der Waals surface area contributed by atoms with Gasteiger partial charge in [-0.1, -0.05) is 19.1 Å². The molecule has 16 heavy (non-hydrogen) atoms. The van der Waals surface area contributed by atoms with Crippen LogP contribution >= 0.6 is 15.9 Å². The normalized spacial score (nSPS) is 11.2. The van der Waals surface area contributed by atoms with Gasteiger partial charge in [0.25, 0.3) is 0 Å². The Kier molecular flexibility index (Phi) is 3.66. The second-order valence-electron chi connectivity index (χ2n) is 3.99. The maximum absolute atomic E-state index is 3.58. The molecule has 0 saturated carbocycles. The largest absolute Gasteiger partial charge is 0.357 e. The summed E-state index contributed by atoms with van der Waals surface area (Å²) in [5.74, 6) is 0. The van der Waals surface area contributed by atoms with E-state index in [1.807, 2.05) is 0 Å². The number of aromatic amines is 1. The molecule has 1 aromatic carbocycles. The zero-order chi connectivity index (χ0) is 11.5. The summed E-state index contributed by atoms with van der Waals surface area (Å²) in [7, 11) is 0. The second kappa shape index (κ2) is 5.02. The molecule has 0 aliphatic rings. The van der Waals surface area contributed by atoms with Crippen LogP contribution in [0.5, 0.6) is 0 Å². The molecule has 0 fully saturated rings. The number of fused-ring (bicyclic) bond motifs is 1. The molecular formula is C13H17BrN2. The third kappa shape index (κ3) is 2.15. The van der Waals surface area contributed by atoms with E-state index in [4.69, 9.17) is 0 Å². The zero-order valence-corrected chi connectivity index (χ0v) is 11.3. The number of rotatable bonds is 4. The molecule has 1 aromatic heterocycles. The van der Waals surface area contributed by atoms with Crippen LogP contribution in [0.25, 0.3) is 10.9 Å². The van der Waals surface area contributed by atoms with Crippen molar-refractivity contribution in [3.8, 4) is 0 Å². The minimum atomic E-state index is 1.03. The first kappa shape index (κ1) is 11.7. The Morgan fingerprint density at radius 2 is 2.19 bits per heavy atom. The highest BCUT2D eigenvalue weighted by Crippen LogP contribution is 2.28. The van der Waals surface area contributed by atoms with Gasteiger partial charge in [0.1, 0.15) is 0 Å². The number of hydrogen-bond acceptors (Lipinski definition) is 1. The standard InChI is InChI=1S/C13H17BrN2/c1-3-15-8-7-10-9(2)16-13-11(10)5-4-6-12(13)14/h4-6,15-16H,3,7-8H2,1-2H3. The van der Waals surface area contributed by atoms with Crippen molar-refractivity contribution in [3.63, 3.8) is 0 Å². The number of hydrogen-bond donors (Lipinski definition) is 2. The van der Waals surface area contributed by atoms with E-state index < -0.39 is 0 Å². The van der Waals surface area contributed by atoms with Gasteiger partial charge in [0.05, 0.1) is 5.52 Å². The van der Waals surface area contributed by atoms with Crippen LogP contribution in [0.3, 0.4) is 0 Å². The Labute approximate surface area is 105 Å². The third-order valence-electron chi connectivity index (χ3n) is 2.91. The van der Waals surface area contributed by atoms with Gasteiger partial charge in [-0.15, -0.1) is 0 Å². The highest BCUT2D eigenvalue weighted by molar-refractivity contribution is 9.10. The molecule has 86 valence electrons. The molecule has 0 aliphatic heterocycles. The van der Waals surface area contributed by atoms with Crippen LogP contribution in [0, 0.1) is 6.92 Å². The summed E-state index contributed by atoms with van der Waals surface area (Å²) in [5, 5.41) is 4.71. The molecule has 2 N–H and O–H groups in total. The molecule has 2 nitrogen and oxygen atoms in total. The smallest absolute Gasteiger partial charge is 0.0603 e. The highest BCUT2D eigenvalue weighted by Gasteiger charge is 2.09. The molecule has 1 heterocycles. The van der Waals surface area contributed by atoms with E-state index in [2.05, 4.69) is 58.3 Å². The van der Waals surface area contributed by atoms with Gasteiger partial charge < -0.3 is 10.3 Å². The van der Waals surface area contributed by atoms with Gasteiger partial charge >= 0.3 is 0 Å². The molecule has 0 amide bonds. The predicted molar refractivity (Wildman–Crippen MR) is 73.0 cm³/mol. The van der Waals surface area contributed by atoms with E-state index in [9.17, 15) is 0 Å². The summed E-state index contributed by atoms with van der Waals surface area (Å²) in [6, 6.07) is 6.35. The summed E-state index contributed by atoms with van der Waals surface area (Å²) in [5.41, 5.74) is 3.92. The predicted octanol–water partition coefficient (Wildman–Crippen LogP) is 3.39. The molecule has 0 bridgehead atoms. The zero-order valence-electron chi connectivity index (χ0n) is 9.73. The van der Waals surface area contributed by atoms with Gasteiger partial charge in [-0.25, -0.2) is 0 Å². The summed E-state index contributed by atoms with van der Waals surface area (Å²) in [6.45, 7) is 6.36. The number of aromatic nitrogens is 1. The molecule has 2 aromatic rings. The summed E-state index contributed by atoms with van der Waals surface area (Å²) in [4.78, 5) is 3.45. The van der Waals surface area contributed by atoms with Crippen molar-refractivity contribution < 1.29 is 0 Å². The topological polar surface area (TPSA) is 27.8 Å². The van der Waals surface area contributed by atoms with Crippen molar-refractivity contribution in [1.29, 1.82) is 0 Å². The van der Waals surface area contributed by atoms with Crippen molar-refractivity contribution in [3.05, 3.63) is 33.9 Å². The van der Waals surface area contributed by atoms with E-state index in [0.717, 1.165) is 24.0 Å². The average molecular weight is 281 g/mol. The maximum Gasteiger partial charge on any atom is 0.0603 e. The maximum atomic E-state index is 3.58. The Hall–Kier alpha value is -0.800. The Morgan fingerprint density at radius 3 is 2.94 bits per heavy atom. The lowest BCUT2D eigenvalue weighted by Gasteiger charge is -2.02. The fourth-order valence-electron chi connectivity index (χ4n) is 2.08. The number of aryl methyl sites for hydroxylation is 1. The van der Waals surface area contributed by atoms with Crippen LogP contribution in [-0.4, -0.2) is 18.1 Å². The Morgan fingerprint density at radius 1 is 1.38 bits per heavy atom. The van der Waals surface area contributed by atoms with Crippen LogP contribution in [0.15, 0.2) is 22.7 Å². The Bertz CT molecular complexity index is 488. The second-order valence-corrected chi connectivity index (χ2v) is 4.85. The lowest BCUT2D eigenvalue weighted by molar-refractivity contribution is 0.716. The van der Waals surface area contributed by atoms with Crippen LogP contribution in [0.1, 0.15) is 18.2 Å². The molecule has 0 aliphatic carbocycles. The van der Waals surface area contributed by atoms with Gasteiger partial charge in [0, 0.05) is 15.6 Å². The quantitative estimate of drug-likeness (QED) is 0.826. The molecule has 3 heteroatoms. The van der Waals surface area contributed by atoms with Crippen LogP contribution < -0.4 is 5.32 Å². The number of H-pyrrole nitrogens is 1. The fourth-order valence-corrected chi connectivity index (χ4v) is 2.55. The minimum Gasteiger partial charge on any atom is -0.357 e. The SMILES string of the molecule is CCNCCc1c(C)[nH]c2c(Br)cccc12. The number of nitrogens with one attached hydrogen (secondary N) is 2. The summed E-state index contributed by atoms with van der Waals surface area (Å²) >= 11 is 3.58. The monoisotopic (exact) mass is 280 g/mol. The lowest BCUT2D eigenvalue weighted by Crippen LogP contribution is -2.16. The number of para-hydroxylation sites is 1. The van der Waals surface area contributed by atoms with Crippen molar-refractivity contribution in [1.82, 2.24) is 10.3 Å². The number of halogens is 1. The Balaban J connectivity index is 2.36. The van der Waals surface area contributed by atoms with Gasteiger partial charge in [-0.05, 0) is 54.0 Å². The van der Waals surface area contributed by atoms with E-state index >= 15 is 0 Å². The van der Waals surface area contributed by atoms with Crippen molar-refractivity contribution in [2.75, 3.05) is 13.1 Å². The van der Waals surface area contributed by atoms with E-state index in [1.54, 1.807) is 0 Å². The molecule has 0 unspecified atom stereocenters. The van der Waals surface area contributed by atoms with Crippen LogP contribution in [0.4, 0.5) is 0 Å².